The monoisotopic (exact) mass is 272 g/mol. The molecule has 2 aromatic rings. The van der Waals surface area contributed by atoms with Crippen molar-refractivity contribution < 1.29 is 19.4 Å². The Bertz CT molecular complexity index is 638. The van der Waals surface area contributed by atoms with Crippen LogP contribution in [0.15, 0.2) is 42.6 Å². The van der Waals surface area contributed by atoms with Gasteiger partial charge in [-0.3, -0.25) is 4.79 Å². The van der Waals surface area contributed by atoms with Crippen LogP contribution in [0.4, 0.5) is 5.69 Å². The van der Waals surface area contributed by atoms with E-state index < -0.39 is 5.97 Å². The van der Waals surface area contributed by atoms with Gasteiger partial charge in [-0.2, -0.15) is 0 Å². The molecular formula is C14H12N2O4. The third kappa shape index (κ3) is 3.11. The van der Waals surface area contributed by atoms with E-state index in [1.54, 1.807) is 24.3 Å². The van der Waals surface area contributed by atoms with Crippen LogP contribution in [-0.2, 0) is 0 Å². The number of rotatable bonds is 4. The number of aromatic nitrogens is 1. The lowest BCUT2D eigenvalue weighted by atomic mass is 10.2. The van der Waals surface area contributed by atoms with Gasteiger partial charge >= 0.3 is 5.97 Å². The van der Waals surface area contributed by atoms with Gasteiger partial charge in [-0.25, -0.2) is 9.78 Å². The molecule has 0 bridgehead atoms. The zero-order valence-electron chi connectivity index (χ0n) is 10.7. The molecule has 6 heteroatoms. The molecule has 0 unspecified atom stereocenters. The Kier molecular flexibility index (Phi) is 3.95. The van der Waals surface area contributed by atoms with Gasteiger partial charge in [-0.05, 0) is 24.3 Å². The minimum Gasteiger partial charge on any atom is -0.497 e. The second-order valence-corrected chi connectivity index (χ2v) is 3.92. The minimum absolute atomic E-state index is 0.108. The van der Waals surface area contributed by atoms with Crippen LogP contribution in [-0.4, -0.2) is 29.1 Å². The van der Waals surface area contributed by atoms with Crippen LogP contribution in [0.1, 0.15) is 20.8 Å². The van der Waals surface area contributed by atoms with Crippen LogP contribution in [0.3, 0.4) is 0 Å². The van der Waals surface area contributed by atoms with Crippen molar-refractivity contribution in [2.24, 2.45) is 0 Å². The summed E-state index contributed by atoms with van der Waals surface area (Å²) in [6.45, 7) is 0. The number of benzene rings is 1. The predicted octanol–water partition coefficient (Wildman–Crippen LogP) is 2.04. The summed E-state index contributed by atoms with van der Waals surface area (Å²) in [7, 11) is 1.54. The SMILES string of the molecule is COc1cccc(NC(=O)c2ccc(C(=O)O)nc2)c1. The number of pyridine rings is 1. The summed E-state index contributed by atoms with van der Waals surface area (Å²) in [5.74, 6) is -0.880. The van der Waals surface area contributed by atoms with Crippen LogP contribution in [0.25, 0.3) is 0 Å². The zero-order chi connectivity index (χ0) is 14.5. The Morgan fingerprint density at radius 1 is 1.25 bits per heavy atom. The van der Waals surface area contributed by atoms with Gasteiger partial charge in [0.25, 0.3) is 5.91 Å². The standard InChI is InChI=1S/C14H12N2O4/c1-20-11-4-2-3-10(7-11)16-13(17)9-5-6-12(14(18)19)15-8-9/h2-8H,1H3,(H,16,17)(H,18,19). The van der Waals surface area contributed by atoms with Crippen LogP contribution in [0.5, 0.6) is 5.75 Å². The number of amides is 1. The molecular weight excluding hydrogens is 260 g/mol. The highest BCUT2D eigenvalue weighted by atomic mass is 16.5. The smallest absolute Gasteiger partial charge is 0.354 e. The van der Waals surface area contributed by atoms with Gasteiger partial charge in [0.1, 0.15) is 11.4 Å². The fourth-order valence-corrected chi connectivity index (χ4v) is 1.56. The van der Waals surface area contributed by atoms with Gasteiger partial charge in [0, 0.05) is 18.0 Å². The predicted molar refractivity (Wildman–Crippen MR) is 72.1 cm³/mol. The largest absolute Gasteiger partial charge is 0.497 e. The molecule has 0 atom stereocenters. The summed E-state index contributed by atoms with van der Waals surface area (Å²) < 4.78 is 5.06. The van der Waals surface area contributed by atoms with Crippen molar-refractivity contribution in [1.29, 1.82) is 0 Å². The molecule has 0 aliphatic carbocycles. The van der Waals surface area contributed by atoms with Gasteiger partial charge < -0.3 is 15.2 Å². The lowest BCUT2D eigenvalue weighted by molar-refractivity contribution is 0.0690. The summed E-state index contributed by atoms with van der Waals surface area (Å²) in [4.78, 5) is 26.3. The Morgan fingerprint density at radius 3 is 2.65 bits per heavy atom. The number of methoxy groups -OCH3 is 1. The van der Waals surface area contributed by atoms with E-state index in [1.807, 2.05) is 0 Å². The van der Waals surface area contributed by atoms with Crippen molar-refractivity contribution in [2.45, 2.75) is 0 Å². The Labute approximate surface area is 115 Å². The molecule has 1 heterocycles. The minimum atomic E-state index is -1.13. The lowest BCUT2D eigenvalue weighted by Crippen LogP contribution is -2.13. The summed E-state index contributed by atoms with van der Waals surface area (Å²) in [6, 6.07) is 9.60. The van der Waals surface area contributed by atoms with Crippen molar-refractivity contribution in [1.82, 2.24) is 4.98 Å². The maximum Gasteiger partial charge on any atom is 0.354 e. The number of hydrogen-bond acceptors (Lipinski definition) is 4. The first kappa shape index (κ1) is 13.5. The first-order chi connectivity index (χ1) is 9.60. The van der Waals surface area contributed by atoms with Gasteiger partial charge in [-0.15, -0.1) is 0 Å². The van der Waals surface area contributed by atoms with Crippen molar-refractivity contribution >= 4 is 17.6 Å². The molecule has 0 saturated carbocycles. The first-order valence-corrected chi connectivity index (χ1v) is 5.75. The number of anilines is 1. The van der Waals surface area contributed by atoms with E-state index in [4.69, 9.17) is 9.84 Å². The summed E-state index contributed by atoms with van der Waals surface area (Å²) >= 11 is 0. The molecule has 0 aliphatic heterocycles. The number of nitrogens with one attached hydrogen (secondary N) is 1. The second-order valence-electron chi connectivity index (χ2n) is 3.92. The number of nitrogens with zero attached hydrogens (tertiary/aromatic N) is 1. The van der Waals surface area contributed by atoms with E-state index in [0.717, 1.165) is 0 Å². The molecule has 0 spiro atoms. The molecule has 0 fully saturated rings. The Morgan fingerprint density at radius 2 is 2.05 bits per heavy atom. The normalized spacial score (nSPS) is 9.85. The average molecular weight is 272 g/mol. The molecule has 0 saturated heterocycles. The highest BCUT2D eigenvalue weighted by Gasteiger charge is 2.09. The molecule has 1 aromatic carbocycles. The third-order valence-corrected chi connectivity index (χ3v) is 2.57. The summed E-state index contributed by atoms with van der Waals surface area (Å²) in [5, 5.41) is 11.4. The summed E-state index contributed by atoms with van der Waals surface area (Å²) in [5.41, 5.74) is 0.748. The van der Waals surface area contributed by atoms with Gasteiger partial charge in [0.05, 0.1) is 12.7 Å². The number of carbonyl (C=O) groups excluding carboxylic acids is 1. The number of carboxylic acids is 1. The summed E-state index contributed by atoms with van der Waals surface area (Å²) in [6.07, 6.45) is 1.22. The average Bonchev–Trinajstić information content (AvgIpc) is 2.47. The van der Waals surface area contributed by atoms with Crippen molar-refractivity contribution in [2.75, 3.05) is 12.4 Å². The number of hydrogen-bond donors (Lipinski definition) is 2. The molecule has 2 rings (SSSR count). The number of ether oxygens (including phenoxy) is 1. The maximum absolute atomic E-state index is 12.0. The van der Waals surface area contributed by atoms with E-state index in [2.05, 4.69) is 10.3 Å². The van der Waals surface area contributed by atoms with Crippen molar-refractivity contribution in [3.8, 4) is 5.75 Å². The second kappa shape index (κ2) is 5.83. The highest BCUT2D eigenvalue weighted by Crippen LogP contribution is 2.17. The van der Waals surface area contributed by atoms with Crippen LogP contribution in [0.2, 0.25) is 0 Å². The fourth-order valence-electron chi connectivity index (χ4n) is 1.56. The quantitative estimate of drug-likeness (QED) is 0.889. The van der Waals surface area contributed by atoms with Gasteiger partial charge in [0.15, 0.2) is 0 Å². The van der Waals surface area contributed by atoms with Crippen LogP contribution in [0, 0.1) is 0 Å². The molecule has 0 aliphatic rings. The molecule has 1 aromatic heterocycles. The van der Waals surface area contributed by atoms with Gasteiger partial charge in [0.2, 0.25) is 0 Å². The third-order valence-electron chi connectivity index (χ3n) is 2.57. The van der Waals surface area contributed by atoms with Crippen LogP contribution < -0.4 is 10.1 Å². The number of carbonyl (C=O) groups is 2. The fraction of sp³-hybridized carbons (Fsp3) is 0.0714. The molecule has 2 N–H and O–H groups in total. The van der Waals surface area contributed by atoms with Crippen molar-refractivity contribution in [3.05, 3.63) is 53.9 Å². The highest BCUT2D eigenvalue weighted by molar-refractivity contribution is 6.04. The molecule has 102 valence electrons. The number of aromatic carboxylic acids is 1. The topological polar surface area (TPSA) is 88.5 Å². The van der Waals surface area contributed by atoms with Gasteiger partial charge in [-0.1, -0.05) is 6.07 Å². The van der Waals surface area contributed by atoms with E-state index in [0.29, 0.717) is 11.4 Å². The first-order valence-electron chi connectivity index (χ1n) is 5.75. The lowest BCUT2D eigenvalue weighted by Gasteiger charge is -2.06. The molecule has 0 radical (unpaired) electrons. The maximum atomic E-state index is 12.0. The number of carboxylic acid groups (broad SMARTS) is 1. The van der Waals surface area contributed by atoms with Crippen LogP contribution >= 0.6 is 0 Å². The Hall–Kier alpha value is -2.89. The van der Waals surface area contributed by atoms with E-state index in [9.17, 15) is 9.59 Å². The molecule has 1 amide bonds. The van der Waals surface area contributed by atoms with E-state index >= 15 is 0 Å². The van der Waals surface area contributed by atoms with E-state index in [1.165, 1.54) is 25.4 Å². The Balaban J connectivity index is 2.13. The van der Waals surface area contributed by atoms with E-state index in [-0.39, 0.29) is 17.2 Å². The molecule has 6 nitrogen and oxygen atoms in total. The van der Waals surface area contributed by atoms with Crippen molar-refractivity contribution in [3.63, 3.8) is 0 Å². The molecule has 20 heavy (non-hydrogen) atoms. The zero-order valence-corrected chi connectivity index (χ0v) is 10.7.